The Bertz CT molecular complexity index is 328. The van der Waals surface area contributed by atoms with Crippen LogP contribution in [-0.4, -0.2) is 19.3 Å². The van der Waals surface area contributed by atoms with Gasteiger partial charge in [0.1, 0.15) is 5.76 Å². The van der Waals surface area contributed by atoms with Crippen molar-refractivity contribution in [3.63, 3.8) is 0 Å². The first-order valence-electron chi connectivity index (χ1n) is 5.83. The van der Waals surface area contributed by atoms with Gasteiger partial charge in [-0.15, -0.1) is 0 Å². The molecule has 2 heterocycles. The Labute approximate surface area is 89.8 Å². The van der Waals surface area contributed by atoms with Crippen molar-refractivity contribution < 1.29 is 9.15 Å². The third-order valence-electron chi connectivity index (χ3n) is 3.42. The van der Waals surface area contributed by atoms with Crippen LogP contribution in [0.2, 0.25) is 0 Å². The number of aryl methyl sites for hydroxylation is 1. The van der Waals surface area contributed by atoms with Gasteiger partial charge >= 0.3 is 0 Å². The number of nitrogens with one attached hydrogen (secondary N) is 1. The van der Waals surface area contributed by atoms with Gasteiger partial charge in [0.15, 0.2) is 0 Å². The molecule has 1 saturated heterocycles. The van der Waals surface area contributed by atoms with Gasteiger partial charge in [0.2, 0.25) is 0 Å². The summed E-state index contributed by atoms with van der Waals surface area (Å²) < 4.78 is 10.9. The number of hydrogen-bond donors (Lipinski definition) is 1. The third kappa shape index (κ3) is 1.82. The van der Waals surface area contributed by atoms with Crippen LogP contribution in [0.25, 0.3) is 0 Å². The number of hydrogen-bond acceptors (Lipinski definition) is 3. The van der Waals surface area contributed by atoms with Gasteiger partial charge in [-0.05, 0) is 25.3 Å². The fourth-order valence-electron chi connectivity index (χ4n) is 2.61. The lowest BCUT2D eigenvalue weighted by Crippen LogP contribution is -2.34. The topological polar surface area (TPSA) is 34.4 Å². The molecular formula is C12H17NO2. The summed E-state index contributed by atoms with van der Waals surface area (Å²) in [5.41, 5.74) is 1.37. The maximum Gasteiger partial charge on any atom is 0.108 e. The monoisotopic (exact) mass is 207 g/mol. The first-order valence-corrected chi connectivity index (χ1v) is 5.83. The average Bonchev–Trinajstić information content (AvgIpc) is 2.87. The highest BCUT2D eigenvalue weighted by atomic mass is 16.5. The van der Waals surface area contributed by atoms with Gasteiger partial charge < -0.3 is 14.5 Å². The summed E-state index contributed by atoms with van der Waals surface area (Å²) in [7, 11) is 0. The molecule has 0 saturated carbocycles. The van der Waals surface area contributed by atoms with Crippen LogP contribution in [0.3, 0.4) is 0 Å². The fraction of sp³-hybridized carbons (Fsp3) is 0.667. The molecule has 1 aromatic rings. The molecule has 0 amide bonds. The number of fused-ring (bicyclic) bond motifs is 1. The maximum absolute atomic E-state index is 5.48. The largest absolute Gasteiger partial charge is 0.469 e. The van der Waals surface area contributed by atoms with Crippen LogP contribution in [0, 0.1) is 0 Å². The highest BCUT2D eigenvalue weighted by Crippen LogP contribution is 2.31. The van der Waals surface area contributed by atoms with Crippen LogP contribution < -0.4 is 5.32 Å². The van der Waals surface area contributed by atoms with E-state index in [1.54, 1.807) is 0 Å². The van der Waals surface area contributed by atoms with Crippen molar-refractivity contribution in [1.82, 2.24) is 5.32 Å². The van der Waals surface area contributed by atoms with E-state index in [2.05, 4.69) is 11.4 Å². The minimum absolute atomic E-state index is 0.485. The Morgan fingerprint density at radius 3 is 3.20 bits per heavy atom. The molecule has 0 spiro atoms. The van der Waals surface area contributed by atoms with Crippen molar-refractivity contribution >= 4 is 0 Å². The highest BCUT2D eigenvalue weighted by Gasteiger charge is 2.26. The second-order valence-electron chi connectivity index (χ2n) is 4.47. The zero-order chi connectivity index (χ0) is 10.1. The van der Waals surface area contributed by atoms with Crippen molar-refractivity contribution in [2.24, 2.45) is 0 Å². The quantitative estimate of drug-likeness (QED) is 0.805. The molecule has 1 N–H and O–H groups in total. The maximum atomic E-state index is 5.48. The van der Waals surface area contributed by atoms with E-state index in [9.17, 15) is 0 Å². The van der Waals surface area contributed by atoms with E-state index >= 15 is 0 Å². The lowest BCUT2D eigenvalue weighted by molar-refractivity contribution is 0.187. The normalized spacial score (nSPS) is 30.4. The summed E-state index contributed by atoms with van der Waals surface area (Å²) in [5.74, 6) is 1.18. The van der Waals surface area contributed by atoms with E-state index in [-0.39, 0.29) is 0 Å². The Morgan fingerprint density at radius 2 is 2.33 bits per heavy atom. The number of ether oxygens (including phenoxy) is 1. The molecule has 3 rings (SSSR count). The van der Waals surface area contributed by atoms with E-state index < -0.39 is 0 Å². The van der Waals surface area contributed by atoms with Crippen LogP contribution in [-0.2, 0) is 11.2 Å². The zero-order valence-corrected chi connectivity index (χ0v) is 8.87. The zero-order valence-electron chi connectivity index (χ0n) is 8.87. The van der Waals surface area contributed by atoms with Gasteiger partial charge in [-0.3, -0.25) is 0 Å². The SMILES string of the molecule is c1cc2c(o1)CCCC2NC1CCOC1. The molecule has 1 aliphatic heterocycles. The first-order chi connectivity index (χ1) is 7.43. The standard InChI is InChI=1S/C12H17NO2/c1-2-11(13-9-4-6-14-8-9)10-5-7-15-12(10)3-1/h5,7,9,11,13H,1-4,6,8H2. The second-order valence-corrected chi connectivity index (χ2v) is 4.47. The smallest absolute Gasteiger partial charge is 0.108 e. The molecule has 0 radical (unpaired) electrons. The van der Waals surface area contributed by atoms with Crippen LogP contribution in [0.5, 0.6) is 0 Å². The molecule has 2 atom stereocenters. The Hall–Kier alpha value is -0.800. The first kappa shape index (κ1) is 9.43. The summed E-state index contributed by atoms with van der Waals surface area (Å²) in [6, 6.07) is 3.14. The number of rotatable bonds is 2. The molecular weight excluding hydrogens is 190 g/mol. The van der Waals surface area contributed by atoms with E-state index in [1.807, 2.05) is 6.26 Å². The van der Waals surface area contributed by atoms with Crippen molar-refractivity contribution in [3.8, 4) is 0 Å². The van der Waals surface area contributed by atoms with E-state index in [0.29, 0.717) is 12.1 Å². The van der Waals surface area contributed by atoms with Gasteiger partial charge in [-0.1, -0.05) is 0 Å². The predicted octanol–water partition coefficient (Wildman–Crippen LogP) is 2.04. The summed E-state index contributed by atoms with van der Waals surface area (Å²) in [6.45, 7) is 1.77. The minimum Gasteiger partial charge on any atom is -0.469 e. The van der Waals surface area contributed by atoms with Crippen molar-refractivity contribution in [2.75, 3.05) is 13.2 Å². The molecule has 2 aliphatic rings. The Balaban J connectivity index is 1.72. The van der Waals surface area contributed by atoms with Crippen LogP contribution >= 0.6 is 0 Å². The molecule has 0 aromatic carbocycles. The van der Waals surface area contributed by atoms with Crippen LogP contribution in [0.4, 0.5) is 0 Å². The molecule has 1 aromatic heterocycles. The van der Waals surface area contributed by atoms with E-state index in [1.165, 1.54) is 24.2 Å². The van der Waals surface area contributed by atoms with Gasteiger partial charge in [0.25, 0.3) is 0 Å². The molecule has 82 valence electrons. The summed E-state index contributed by atoms with van der Waals surface area (Å²) >= 11 is 0. The third-order valence-corrected chi connectivity index (χ3v) is 3.42. The lowest BCUT2D eigenvalue weighted by atomic mass is 9.93. The molecule has 0 bridgehead atoms. The average molecular weight is 207 g/mol. The van der Waals surface area contributed by atoms with Gasteiger partial charge in [0, 0.05) is 30.7 Å². The molecule has 15 heavy (non-hydrogen) atoms. The molecule has 1 fully saturated rings. The molecule has 1 aliphatic carbocycles. The molecule has 3 heteroatoms. The van der Waals surface area contributed by atoms with Gasteiger partial charge in [-0.2, -0.15) is 0 Å². The van der Waals surface area contributed by atoms with Crippen molar-refractivity contribution in [3.05, 3.63) is 23.7 Å². The van der Waals surface area contributed by atoms with Crippen molar-refractivity contribution in [2.45, 2.75) is 37.8 Å². The summed E-state index contributed by atoms with van der Waals surface area (Å²) in [5, 5.41) is 3.68. The van der Waals surface area contributed by atoms with Crippen LogP contribution in [0.1, 0.15) is 36.6 Å². The second kappa shape index (κ2) is 3.99. The number of furan rings is 1. The minimum atomic E-state index is 0.485. The van der Waals surface area contributed by atoms with Crippen molar-refractivity contribution in [1.29, 1.82) is 0 Å². The van der Waals surface area contributed by atoms with Gasteiger partial charge in [-0.25, -0.2) is 0 Å². The summed E-state index contributed by atoms with van der Waals surface area (Å²) in [4.78, 5) is 0. The Kier molecular flexibility index (Phi) is 2.51. The summed E-state index contributed by atoms with van der Waals surface area (Å²) in [6.07, 6.45) is 6.51. The van der Waals surface area contributed by atoms with E-state index in [4.69, 9.17) is 9.15 Å². The Morgan fingerprint density at radius 1 is 1.33 bits per heavy atom. The fourth-order valence-corrected chi connectivity index (χ4v) is 2.61. The van der Waals surface area contributed by atoms with Gasteiger partial charge in [0.05, 0.1) is 12.9 Å². The van der Waals surface area contributed by atoms with E-state index in [0.717, 1.165) is 26.1 Å². The molecule has 3 nitrogen and oxygen atoms in total. The lowest BCUT2D eigenvalue weighted by Gasteiger charge is -2.25. The molecule has 2 unspecified atom stereocenters. The van der Waals surface area contributed by atoms with Crippen LogP contribution in [0.15, 0.2) is 16.7 Å². The predicted molar refractivity (Wildman–Crippen MR) is 56.7 cm³/mol. The highest BCUT2D eigenvalue weighted by molar-refractivity contribution is 5.24.